The molecule has 0 amide bonds. The summed E-state index contributed by atoms with van der Waals surface area (Å²) in [7, 11) is 0. The Kier molecular flexibility index (Phi) is 5.72. The van der Waals surface area contributed by atoms with Crippen LogP contribution in [0, 0.1) is 6.92 Å². The van der Waals surface area contributed by atoms with E-state index in [1.54, 1.807) is 13.1 Å². The number of nitrogens with one attached hydrogen (secondary N) is 2. The van der Waals surface area contributed by atoms with Crippen molar-refractivity contribution < 1.29 is 4.74 Å². The van der Waals surface area contributed by atoms with Gasteiger partial charge in [-0.2, -0.15) is 15.2 Å². The average molecular weight is 349 g/mol. The van der Waals surface area contributed by atoms with Gasteiger partial charge in [0.2, 0.25) is 0 Å². The van der Waals surface area contributed by atoms with Crippen molar-refractivity contribution in [3.63, 3.8) is 0 Å². The van der Waals surface area contributed by atoms with Gasteiger partial charge in [-0.15, -0.1) is 0 Å². The lowest BCUT2D eigenvalue weighted by Crippen LogP contribution is -2.15. The first-order valence-electron chi connectivity index (χ1n) is 8.20. The maximum Gasteiger partial charge on any atom is 0.363 e. The molecule has 0 saturated carbocycles. The fourth-order valence-electron chi connectivity index (χ4n) is 2.28. The highest BCUT2D eigenvalue weighted by Crippen LogP contribution is 2.13. The molecule has 7 nitrogen and oxygen atoms in total. The molecule has 0 unspecified atom stereocenters. The summed E-state index contributed by atoms with van der Waals surface area (Å²) in [5.74, 6) is 1.09. The van der Waals surface area contributed by atoms with Gasteiger partial charge in [-0.25, -0.2) is 9.89 Å². The maximum absolute atomic E-state index is 11.2. The number of aromatic amines is 1. The Balaban J connectivity index is 1.56. The number of ether oxygens (including phenoxy) is 1. The van der Waals surface area contributed by atoms with E-state index in [0.29, 0.717) is 18.1 Å². The molecular formula is C19H19N5O2. The summed E-state index contributed by atoms with van der Waals surface area (Å²) < 4.78 is 5.80. The lowest BCUT2D eigenvalue weighted by atomic mass is 10.2. The monoisotopic (exact) mass is 349 g/mol. The molecule has 0 aliphatic rings. The Labute approximate surface area is 150 Å². The summed E-state index contributed by atoms with van der Waals surface area (Å²) in [5, 5.41) is 10.2. The molecule has 0 fully saturated rings. The van der Waals surface area contributed by atoms with Gasteiger partial charge >= 0.3 is 5.69 Å². The Morgan fingerprint density at radius 1 is 1.19 bits per heavy atom. The van der Waals surface area contributed by atoms with Crippen molar-refractivity contribution in [1.82, 2.24) is 15.2 Å². The van der Waals surface area contributed by atoms with E-state index in [1.165, 1.54) is 5.56 Å². The molecule has 0 saturated heterocycles. The van der Waals surface area contributed by atoms with E-state index in [0.717, 1.165) is 17.7 Å². The Bertz CT molecular complexity index is 938. The van der Waals surface area contributed by atoms with Crippen LogP contribution in [0.2, 0.25) is 0 Å². The average Bonchev–Trinajstić information content (AvgIpc) is 2.66. The van der Waals surface area contributed by atoms with Crippen LogP contribution in [0.15, 0.2) is 64.5 Å². The van der Waals surface area contributed by atoms with Gasteiger partial charge in [0.05, 0.1) is 12.8 Å². The van der Waals surface area contributed by atoms with Crippen LogP contribution in [0.1, 0.15) is 16.8 Å². The first-order chi connectivity index (χ1) is 12.7. The molecule has 7 heteroatoms. The van der Waals surface area contributed by atoms with Gasteiger partial charge in [-0.3, -0.25) is 5.43 Å². The van der Waals surface area contributed by atoms with Crippen LogP contribution in [-0.2, 0) is 6.42 Å². The smallest absolute Gasteiger partial charge is 0.363 e. The number of rotatable bonds is 7. The minimum atomic E-state index is -0.526. The molecule has 0 atom stereocenters. The van der Waals surface area contributed by atoms with Crippen molar-refractivity contribution >= 4 is 12.0 Å². The van der Waals surface area contributed by atoms with Gasteiger partial charge in [0.15, 0.2) is 5.82 Å². The standard InChI is InChI=1S/C19H19N5O2/c1-14-18(21-19(25)24-22-14)23-20-13-16-8-5-9-17(12-16)26-11-10-15-6-3-2-4-7-15/h2-9,12-13H,10-11H2,1H3,(H2,21,23,24,25). The van der Waals surface area contributed by atoms with Crippen LogP contribution in [0.25, 0.3) is 0 Å². The van der Waals surface area contributed by atoms with Crippen molar-refractivity contribution in [2.45, 2.75) is 13.3 Å². The van der Waals surface area contributed by atoms with Crippen molar-refractivity contribution in [2.24, 2.45) is 5.10 Å². The fourth-order valence-corrected chi connectivity index (χ4v) is 2.28. The summed E-state index contributed by atoms with van der Waals surface area (Å²) in [6, 6.07) is 17.8. The molecule has 1 aromatic heterocycles. The zero-order valence-corrected chi connectivity index (χ0v) is 14.3. The van der Waals surface area contributed by atoms with Crippen molar-refractivity contribution in [3.8, 4) is 5.75 Å². The van der Waals surface area contributed by atoms with Crippen LogP contribution >= 0.6 is 0 Å². The number of hydrogen-bond donors (Lipinski definition) is 2. The summed E-state index contributed by atoms with van der Waals surface area (Å²) in [5.41, 5.74) is 4.86. The van der Waals surface area contributed by atoms with E-state index < -0.39 is 5.69 Å². The minimum Gasteiger partial charge on any atom is -0.493 e. The van der Waals surface area contributed by atoms with Crippen molar-refractivity contribution in [2.75, 3.05) is 12.0 Å². The van der Waals surface area contributed by atoms with Crippen LogP contribution in [0.3, 0.4) is 0 Å². The molecule has 26 heavy (non-hydrogen) atoms. The number of benzene rings is 2. The Morgan fingerprint density at radius 3 is 2.88 bits per heavy atom. The minimum absolute atomic E-state index is 0.320. The molecular weight excluding hydrogens is 330 g/mol. The number of nitrogens with zero attached hydrogens (tertiary/aromatic N) is 3. The molecule has 0 radical (unpaired) electrons. The molecule has 132 valence electrons. The molecule has 1 heterocycles. The van der Waals surface area contributed by atoms with Crippen LogP contribution in [0.4, 0.5) is 5.82 Å². The number of hydrogen-bond acceptors (Lipinski definition) is 6. The number of anilines is 1. The topological polar surface area (TPSA) is 92.3 Å². The maximum atomic E-state index is 11.2. The van der Waals surface area contributed by atoms with Gasteiger partial charge in [-0.1, -0.05) is 42.5 Å². The third-order valence-electron chi connectivity index (χ3n) is 3.62. The Morgan fingerprint density at radius 2 is 2.04 bits per heavy atom. The van der Waals surface area contributed by atoms with Gasteiger partial charge in [0.25, 0.3) is 0 Å². The van der Waals surface area contributed by atoms with Gasteiger partial charge in [0.1, 0.15) is 11.4 Å². The van der Waals surface area contributed by atoms with Crippen LogP contribution in [-0.4, -0.2) is 28.0 Å². The van der Waals surface area contributed by atoms with Crippen molar-refractivity contribution in [3.05, 3.63) is 81.9 Å². The summed E-state index contributed by atoms with van der Waals surface area (Å²) in [6.07, 6.45) is 2.48. The lowest BCUT2D eigenvalue weighted by molar-refractivity contribution is 0.322. The molecule has 0 aliphatic carbocycles. The van der Waals surface area contributed by atoms with E-state index in [4.69, 9.17) is 4.74 Å². The fraction of sp³-hybridized carbons (Fsp3) is 0.158. The van der Waals surface area contributed by atoms with E-state index in [-0.39, 0.29) is 0 Å². The van der Waals surface area contributed by atoms with Gasteiger partial charge in [-0.05, 0) is 30.2 Å². The predicted octanol–water partition coefficient (Wildman–Crippen LogP) is 2.54. The highest BCUT2D eigenvalue weighted by Gasteiger charge is 2.00. The second kappa shape index (κ2) is 8.57. The highest BCUT2D eigenvalue weighted by atomic mass is 16.5. The first kappa shape index (κ1) is 17.3. The van der Waals surface area contributed by atoms with Crippen LogP contribution in [0.5, 0.6) is 5.75 Å². The molecule has 2 aromatic carbocycles. The zero-order chi connectivity index (χ0) is 18.2. The molecule has 0 bridgehead atoms. The largest absolute Gasteiger partial charge is 0.493 e. The summed E-state index contributed by atoms with van der Waals surface area (Å²) in [6.45, 7) is 2.33. The molecule has 3 rings (SSSR count). The second-order valence-corrected chi connectivity index (χ2v) is 5.60. The number of aryl methyl sites for hydroxylation is 1. The van der Waals surface area contributed by atoms with E-state index >= 15 is 0 Å². The third-order valence-corrected chi connectivity index (χ3v) is 3.62. The van der Waals surface area contributed by atoms with E-state index in [1.807, 2.05) is 42.5 Å². The SMILES string of the molecule is Cc1n[nH]c(=O)nc1NN=Cc1cccc(OCCc2ccccc2)c1. The summed E-state index contributed by atoms with van der Waals surface area (Å²) in [4.78, 5) is 15.0. The quantitative estimate of drug-likeness (QED) is 0.505. The molecule has 3 aromatic rings. The normalized spacial score (nSPS) is 10.8. The number of H-pyrrole nitrogens is 1. The number of aromatic nitrogens is 3. The third kappa shape index (κ3) is 5.01. The van der Waals surface area contributed by atoms with Crippen LogP contribution < -0.4 is 15.9 Å². The van der Waals surface area contributed by atoms with Gasteiger partial charge < -0.3 is 4.74 Å². The predicted molar refractivity (Wildman–Crippen MR) is 101 cm³/mol. The molecule has 2 N–H and O–H groups in total. The number of hydrazone groups is 1. The second-order valence-electron chi connectivity index (χ2n) is 5.60. The lowest BCUT2D eigenvalue weighted by Gasteiger charge is -2.07. The molecule has 0 aliphatic heterocycles. The first-order valence-corrected chi connectivity index (χ1v) is 8.20. The van der Waals surface area contributed by atoms with Crippen molar-refractivity contribution in [1.29, 1.82) is 0 Å². The zero-order valence-electron chi connectivity index (χ0n) is 14.3. The van der Waals surface area contributed by atoms with E-state index in [9.17, 15) is 4.79 Å². The van der Waals surface area contributed by atoms with E-state index in [2.05, 4.69) is 37.8 Å². The van der Waals surface area contributed by atoms with Gasteiger partial charge in [0, 0.05) is 6.42 Å². The Hall–Kier alpha value is -3.48. The highest BCUT2D eigenvalue weighted by molar-refractivity contribution is 5.80. The summed E-state index contributed by atoms with van der Waals surface area (Å²) >= 11 is 0. The molecule has 0 spiro atoms.